The highest BCUT2D eigenvalue weighted by Crippen LogP contribution is 2.31. The third kappa shape index (κ3) is 18.9. The Balaban J connectivity index is 6.69. The number of hydrogen-bond donors (Lipinski definition) is 2. The Morgan fingerprint density at radius 1 is 0.438 bits per heavy atom. The Labute approximate surface area is 300 Å². The maximum absolute atomic E-state index is 12.3. The first-order chi connectivity index (χ1) is 21.1. The Bertz CT molecular complexity index is 979. The van der Waals surface area contributed by atoms with Gasteiger partial charge in [-0.25, -0.2) is 0 Å². The highest BCUT2D eigenvalue weighted by atomic mass is 28.5. The van der Waals surface area contributed by atoms with Crippen LogP contribution in [-0.2, 0) is 55.4 Å². The van der Waals surface area contributed by atoms with Gasteiger partial charge in [0.15, 0.2) is 8.32 Å². The molecule has 290 valence electrons. The van der Waals surface area contributed by atoms with E-state index in [1.807, 2.05) is 52.4 Å². The Hall–Kier alpha value is 1.35. The molecule has 0 aromatic rings. The van der Waals surface area contributed by atoms with Gasteiger partial charge in [0.1, 0.15) is 6.10 Å². The van der Waals surface area contributed by atoms with E-state index in [0.29, 0.717) is 0 Å². The number of aliphatic hydroxyl groups excluding tert-OH is 1. The van der Waals surface area contributed by atoms with Gasteiger partial charge in [-0.1, -0.05) is 0 Å². The van der Waals surface area contributed by atoms with Gasteiger partial charge in [0.25, 0.3) is 0 Å². The zero-order valence-corrected chi connectivity index (χ0v) is 42.4. The molecule has 0 heterocycles. The maximum Gasteiger partial charge on any atom is 0.664 e. The summed E-state index contributed by atoms with van der Waals surface area (Å²) < 4.78 is 80.2. The molecule has 4 unspecified atom stereocenters. The minimum absolute atomic E-state index is 0.671. The fourth-order valence-corrected chi connectivity index (χ4v) is 43.0. The fourth-order valence-electron chi connectivity index (χ4n) is 5.25. The largest absolute Gasteiger partial charge is 0.664 e. The molecular weight excluding hydrogens is 781 g/mol. The number of ether oxygens (including phenoxy) is 1. The van der Waals surface area contributed by atoms with E-state index in [1.165, 1.54) is 28.3 Å². The van der Waals surface area contributed by atoms with Crippen molar-refractivity contribution in [2.75, 3.05) is 28.4 Å². The van der Waals surface area contributed by atoms with Crippen molar-refractivity contribution in [2.24, 2.45) is 0 Å². The number of methoxy groups -OCH3 is 1. The molecule has 24 heteroatoms. The minimum Gasteiger partial charge on any atom is -0.437 e. The predicted molar refractivity (Wildman–Crippen MR) is 205 cm³/mol. The average molecular weight is 850 g/mol. The molecule has 15 nitrogen and oxygen atoms in total. The number of aliphatic hydroxyl groups is 1. The first kappa shape index (κ1) is 49.4. The van der Waals surface area contributed by atoms with Gasteiger partial charge in [-0.05, 0) is 112 Å². The lowest BCUT2D eigenvalue weighted by molar-refractivity contribution is -0.0991. The van der Waals surface area contributed by atoms with Crippen molar-refractivity contribution in [1.82, 2.24) is 0 Å². The fraction of sp³-hybridized carbons (Fsp3) is 1.00. The first-order valence-electron chi connectivity index (χ1n) is 16.0. The van der Waals surface area contributed by atoms with E-state index in [0.717, 1.165) is 0 Å². The molecule has 0 aliphatic heterocycles. The van der Waals surface area contributed by atoms with E-state index in [1.54, 1.807) is 40.2 Å². The van der Waals surface area contributed by atoms with Crippen LogP contribution in [0, 0.1) is 0 Å². The van der Waals surface area contributed by atoms with Crippen LogP contribution < -0.4 is 0 Å². The van der Waals surface area contributed by atoms with Crippen molar-refractivity contribution < 1.29 is 65.3 Å². The molecule has 0 amide bonds. The molecule has 0 aliphatic carbocycles. The van der Waals surface area contributed by atoms with Crippen molar-refractivity contribution >= 4 is 77.8 Å². The molecule has 0 saturated carbocycles. The van der Waals surface area contributed by atoms with E-state index in [4.69, 9.17) is 55.4 Å². The third-order valence-corrected chi connectivity index (χ3v) is 36.8. The molecule has 0 rings (SSSR count). The molecular formula is C24H68O15Si9. The Morgan fingerprint density at radius 2 is 0.792 bits per heavy atom. The lowest BCUT2D eigenvalue weighted by Gasteiger charge is -2.43. The Morgan fingerprint density at radius 3 is 1.12 bits per heavy atom. The van der Waals surface area contributed by atoms with Crippen LogP contribution in [-0.4, -0.2) is 134 Å². The van der Waals surface area contributed by atoms with Crippen LogP contribution in [0.1, 0.15) is 13.8 Å². The molecule has 0 spiro atoms. The summed E-state index contributed by atoms with van der Waals surface area (Å²) in [6.45, 7) is 32.1. The lowest BCUT2D eigenvalue weighted by Crippen LogP contribution is -2.69. The van der Waals surface area contributed by atoms with Gasteiger partial charge < -0.3 is 65.3 Å². The second kappa shape index (κ2) is 18.1. The van der Waals surface area contributed by atoms with E-state index in [9.17, 15) is 9.90 Å². The SMILES string of the molecule is COC(C)C(O[Si](O)(O[Si](C)(C)O[Si](C)(C)O[Si](C)(C)O[Si](C)(C)C)O[Si](OC)(OC)O[Si](C)(C)O[Si](C)(C)O[Si](C)(C)OC)C(C)O. The molecule has 0 radical (unpaired) electrons. The number of rotatable bonds is 24. The van der Waals surface area contributed by atoms with E-state index in [2.05, 4.69) is 19.6 Å². The summed E-state index contributed by atoms with van der Waals surface area (Å²) in [5, 5.41) is 10.7. The molecule has 0 aromatic carbocycles. The van der Waals surface area contributed by atoms with E-state index >= 15 is 0 Å². The lowest BCUT2D eigenvalue weighted by atomic mass is 10.1. The monoisotopic (exact) mass is 848 g/mol. The van der Waals surface area contributed by atoms with Gasteiger partial charge in [-0.2, -0.15) is 0 Å². The van der Waals surface area contributed by atoms with Crippen LogP contribution in [0.3, 0.4) is 0 Å². The summed E-state index contributed by atoms with van der Waals surface area (Å²) in [7, 11) is -22.6. The highest BCUT2D eigenvalue weighted by Gasteiger charge is 2.63. The van der Waals surface area contributed by atoms with Crippen LogP contribution in [0.5, 0.6) is 0 Å². The average Bonchev–Trinajstić information content (AvgIpc) is 2.81. The zero-order chi connectivity index (χ0) is 38.4. The number of hydrogen-bond acceptors (Lipinski definition) is 15. The van der Waals surface area contributed by atoms with Crippen molar-refractivity contribution in [1.29, 1.82) is 0 Å². The van der Waals surface area contributed by atoms with Crippen molar-refractivity contribution in [3.63, 3.8) is 0 Å². The highest BCUT2D eigenvalue weighted by molar-refractivity contribution is 6.90. The topological polar surface area (TPSA) is 160 Å². The molecule has 0 saturated heterocycles. The molecule has 0 aromatic heterocycles. The van der Waals surface area contributed by atoms with Crippen LogP contribution in [0.25, 0.3) is 0 Å². The zero-order valence-electron chi connectivity index (χ0n) is 33.4. The summed E-state index contributed by atoms with van der Waals surface area (Å²) in [6.07, 6.45) is -2.84. The minimum atomic E-state index is -4.90. The third-order valence-electron chi connectivity index (χ3n) is 6.10. The van der Waals surface area contributed by atoms with Crippen LogP contribution in [0.2, 0.25) is 98.2 Å². The van der Waals surface area contributed by atoms with Crippen LogP contribution >= 0.6 is 0 Å². The van der Waals surface area contributed by atoms with Gasteiger partial charge >= 0.3 is 69.5 Å². The molecule has 48 heavy (non-hydrogen) atoms. The summed E-state index contributed by atoms with van der Waals surface area (Å²) in [4.78, 5) is 12.3. The van der Waals surface area contributed by atoms with Crippen molar-refractivity contribution in [2.45, 2.75) is 130 Å². The van der Waals surface area contributed by atoms with Crippen molar-refractivity contribution in [3.8, 4) is 0 Å². The van der Waals surface area contributed by atoms with Gasteiger partial charge in [0.05, 0.1) is 12.2 Å². The standard InChI is InChI=1S/C24H68O15Si9/c1-22(25)24(23(2)27-3)31-47(26,37-45(18,19)35-44(16,17)34-42(12,13)32-40(7,8)9)39-48(29-5,30-6)38-46(20,21)36-43(14,15)33-41(10,11)28-4/h22-26H,1-21H3. The van der Waals surface area contributed by atoms with Crippen LogP contribution in [0.4, 0.5) is 0 Å². The quantitative estimate of drug-likeness (QED) is 0.128. The normalized spacial score (nSPS) is 18.1. The summed E-state index contributed by atoms with van der Waals surface area (Å²) in [6, 6.07) is 0. The summed E-state index contributed by atoms with van der Waals surface area (Å²) >= 11 is 0. The van der Waals surface area contributed by atoms with E-state index in [-0.39, 0.29) is 0 Å². The van der Waals surface area contributed by atoms with E-state index < -0.39 is 96.1 Å². The molecule has 4 atom stereocenters. The smallest absolute Gasteiger partial charge is 0.437 e. The summed E-state index contributed by atoms with van der Waals surface area (Å²) in [5.74, 6) is 0. The van der Waals surface area contributed by atoms with Gasteiger partial charge in [-0.15, -0.1) is 0 Å². The molecule has 0 bridgehead atoms. The molecule has 2 N–H and O–H groups in total. The first-order valence-corrected chi connectivity index (χ1v) is 39.6. The second-order valence-electron chi connectivity index (χ2n) is 15.2. The Kier molecular flexibility index (Phi) is 18.6. The van der Waals surface area contributed by atoms with Crippen LogP contribution in [0.15, 0.2) is 0 Å². The molecule has 0 aliphatic rings. The predicted octanol–water partition coefficient (Wildman–Crippen LogP) is 4.77. The van der Waals surface area contributed by atoms with Crippen molar-refractivity contribution in [3.05, 3.63) is 0 Å². The van der Waals surface area contributed by atoms with Gasteiger partial charge in [0, 0.05) is 28.4 Å². The molecule has 0 fully saturated rings. The second-order valence-corrected chi connectivity index (χ2v) is 46.3. The van der Waals surface area contributed by atoms with Gasteiger partial charge in [0.2, 0.25) is 0 Å². The maximum atomic E-state index is 12.3. The summed E-state index contributed by atoms with van der Waals surface area (Å²) in [5.41, 5.74) is 0. The van der Waals surface area contributed by atoms with Gasteiger partial charge in [-0.3, -0.25) is 0 Å².